The first-order chi connectivity index (χ1) is 16.0. The van der Waals surface area contributed by atoms with Gasteiger partial charge in [0, 0.05) is 13.0 Å². The van der Waals surface area contributed by atoms with Gasteiger partial charge >= 0.3 is 7.12 Å². The molecule has 2 aliphatic rings. The van der Waals surface area contributed by atoms with Crippen molar-refractivity contribution in [1.82, 2.24) is 4.90 Å². The van der Waals surface area contributed by atoms with Crippen LogP contribution in [-0.2, 0) is 14.1 Å². The van der Waals surface area contributed by atoms with Crippen LogP contribution in [0.25, 0.3) is 0 Å². The minimum absolute atomic E-state index is 0.0783. The van der Waals surface area contributed by atoms with E-state index in [0.717, 1.165) is 30.4 Å². The summed E-state index contributed by atoms with van der Waals surface area (Å²) < 4.78 is 24.2. The van der Waals surface area contributed by atoms with Crippen molar-refractivity contribution in [2.45, 2.75) is 71.1 Å². The fourth-order valence-corrected chi connectivity index (χ4v) is 4.26. The van der Waals surface area contributed by atoms with E-state index in [1.54, 1.807) is 18.2 Å². The molecule has 4 rings (SSSR count). The standard InChI is InChI=1S/C22H32BNO3.C6H5F/c1-7-8-17-13-14-24(20(25)15-17)16(2)18-9-11-19(12-10-18)23-26-21(3,4)22(5,6)27-23;7-6-4-2-1-3-5-6/h7,9-12,16-17H,1,8,13-15H2,2-6H3;1-5H. The molecule has 0 N–H and O–H groups in total. The lowest BCUT2D eigenvalue weighted by Crippen LogP contribution is -2.41. The molecular weight excluding hydrogens is 428 g/mol. The van der Waals surface area contributed by atoms with Gasteiger partial charge in [0.05, 0.1) is 17.2 Å². The molecule has 6 heteroatoms. The van der Waals surface area contributed by atoms with Crippen LogP contribution in [0.5, 0.6) is 0 Å². The van der Waals surface area contributed by atoms with Crippen molar-refractivity contribution >= 4 is 18.5 Å². The number of piperidine rings is 1. The molecule has 2 fully saturated rings. The summed E-state index contributed by atoms with van der Waals surface area (Å²) in [6.07, 6.45) is 4.53. The van der Waals surface area contributed by atoms with Gasteiger partial charge in [0.15, 0.2) is 0 Å². The Kier molecular flexibility index (Phi) is 8.37. The Bertz CT molecular complexity index is 945. The van der Waals surface area contributed by atoms with Gasteiger partial charge in [0.1, 0.15) is 5.82 Å². The van der Waals surface area contributed by atoms with Crippen molar-refractivity contribution in [2.75, 3.05) is 6.54 Å². The van der Waals surface area contributed by atoms with Gasteiger partial charge in [-0.2, -0.15) is 0 Å². The van der Waals surface area contributed by atoms with E-state index >= 15 is 0 Å². The average molecular weight is 465 g/mol. The summed E-state index contributed by atoms with van der Waals surface area (Å²) in [6.45, 7) is 15.0. The number of carbonyl (C=O) groups is 1. The van der Waals surface area contributed by atoms with Gasteiger partial charge in [0.2, 0.25) is 5.91 Å². The van der Waals surface area contributed by atoms with Crippen molar-refractivity contribution < 1.29 is 18.5 Å². The lowest BCUT2D eigenvalue weighted by Gasteiger charge is -2.36. The maximum atomic E-state index is 12.6. The minimum atomic E-state index is -0.351. The van der Waals surface area contributed by atoms with Gasteiger partial charge in [-0.05, 0) is 76.5 Å². The molecule has 0 saturated carbocycles. The number of hydrogen-bond donors (Lipinski definition) is 0. The number of halogens is 1. The third-order valence-corrected chi connectivity index (χ3v) is 7.21. The fraction of sp³-hybridized carbons (Fsp3) is 0.464. The van der Waals surface area contributed by atoms with E-state index in [1.165, 1.54) is 12.1 Å². The maximum absolute atomic E-state index is 12.6. The summed E-state index contributed by atoms with van der Waals surface area (Å²) in [6, 6.07) is 16.3. The third kappa shape index (κ3) is 6.16. The first-order valence-corrected chi connectivity index (χ1v) is 12.1. The van der Waals surface area contributed by atoms with Gasteiger partial charge in [-0.15, -0.1) is 6.58 Å². The SMILES string of the molecule is C=CCC1CCN(C(C)c2ccc(B3OC(C)(C)C(C)(C)O3)cc2)C(=O)C1.Fc1ccccc1. The highest BCUT2D eigenvalue weighted by atomic mass is 19.1. The molecule has 182 valence electrons. The third-order valence-electron chi connectivity index (χ3n) is 7.21. The number of hydrogen-bond acceptors (Lipinski definition) is 3. The number of likely N-dealkylation sites (tertiary alicyclic amines) is 1. The van der Waals surface area contributed by atoms with Crippen LogP contribution >= 0.6 is 0 Å². The first-order valence-electron chi connectivity index (χ1n) is 12.1. The van der Waals surface area contributed by atoms with Crippen LogP contribution in [0.2, 0.25) is 0 Å². The quantitative estimate of drug-likeness (QED) is 0.421. The zero-order chi connectivity index (χ0) is 24.9. The molecule has 2 aromatic carbocycles. The molecular formula is C28H37BFNO3. The number of benzene rings is 2. The highest BCUT2D eigenvalue weighted by molar-refractivity contribution is 6.62. The molecule has 0 aromatic heterocycles. The summed E-state index contributed by atoms with van der Waals surface area (Å²) in [4.78, 5) is 14.6. The molecule has 0 bridgehead atoms. The summed E-state index contributed by atoms with van der Waals surface area (Å²) in [5, 5.41) is 0. The van der Waals surface area contributed by atoms with E-state index in [-0.39, 0.29) is 36.1 Å². The molecule has 2 aromatic rings. The Hall–Kier alpha value is -2.44. The van der Waals surface area contributed by atoms with E-state index in [9.17, 15) is 9.18 Å². The molecule has 1 amide bonds. The van der Waals surface area contributed by atoms with Crippen molar-refractivity contribution in [2.24, 2.45) is 5.92 Å². The smallest absolute Gasteiger partial charge is 0.399 e. The van der Waals surface area contributed by atoms with Gasteiger partial charge in [-0.25, -0.2) is 4.39 Å². The zero-order valence-corrected chi connectivity index (χ0v) is 21.1. The molecule has 0 radical (unpaired) electrons. The molecule has 2 aliphatic heterocycles. The Labute approximate surface area is 204 Å². The molecule has 4 nitrogen and oxygen atoms in total. The van der Waals surface area contributed by atoms with Crippen LogP contribution < -0.4 is 5.46 Å². The van der Waals surface area contributed by atoms with Gasteiger partial charge in [-0.3, -0.25) is 4.79 Å². The van der Waals surface area contributed by atoms with Gasteiger partial charge in [-0.1, -0.05) is 48.5 Å². The largest absolute Gasteiger partial charge is 0.494 e. The van der Waals surface area contributed by atoms with Crippen LogP contribution in [0, 0.1) is 11.7 Å². The Morgan fingerprint density at radius 3 is 2.15 bits per heavy atom. The van der Waals surface area contributed by atoms with E-state index in [0.29, 0.717) is 12.3 Å². The normalized spacial score (nSPS) is 22.1. The average Bonchev–Trinajstić information content (AvgIpc) is 3.02. The number of nitrogens with zero attached hydrogens (tertiary/aromatic N) is 1. The highest BCUT2D eigenvalue weighted by Gasteiger charge is 2.51. The summed E-state index contributed by atoms with van der Waals surface area (Å²) in [5.74, 6) is 0.516. The molecule has 2 atom stereocenters. The molecule has 2 saturated heterocycles. The summed E-state index contributed by atoms with van der Waals surface area (Å²) >= 11 is 0. The summed E-state index contributed by atoms with van der Waals surface area (Å²) in [5.41, 5.74) is 1.48. The van der Waals surface area contributed by atoms with Gasteiger partial charge < -0.3 is 14.2 Å². The van der Waals surface area contributed by atoms with Crippen molar-refractivity contribution in [3.8, 4) is 0 Å². The van der Waals surface area contributed by atoms with E-state index in [2.05, 4.69) is 65.5 Å². The van der Waals surface area contributed by atoms with Crippen molar-refractivity contribution in [3.05, 3.63) is 78.6 Å². The topological polar surface area (TPSA) is 38.8 Å². The van der Waals surface area contributed by atoms with Crippen molar-refractivity contribution in [1.29, 1.82) is 0 Å². The van der Waals surface area contributed by atoms with Gasteiger partial charge in [0.25, 0.3) is 0 Å². The second kappa shape index (κ2) is 10.9. The molecule has 2 heterocycles. The van der Waals surface area contributed by atoms with Crippen LogP contribution in [0.3, 0.4) is 0 Å². The molecule has 2 unspecified atom stereocenters. The first kappa shape index (κ1) is 26.2. The fourth-order valence-electron chi connectivity index (χ4n) is 4.26. The highest BCUT2D eigenvalue weighted by Crippen LogP contribution is 2.36. The van der Waals surface area contributed by atoms with Crippen LogP contribution in [-0.4, -0.2) is 35.7 Å². The zero-order valence-electron chi connectivity index (χ0n) is 21.1. The lowest BCUT2D eigenvalue weighted by molar-refractivity contribution is -0.137. The van der Waals surface area contributed by atoms with Crippen LogP contribution in [0.4, 0.5) is 4.39 Å². The predicted octanol–water partition coefficient (Wildman–Crippen LogP) is 5.69. The number of allylic oxidation sites excluding steroid dienone is 1. The Balaban J connectivity index is 0.000000396. The molecule has 0 aliphatic carbocycles. The number of carbonyl (C=O) groups excluding carboxylic acids is 1. The molecule has 0 spiro atoms. The second-order valence-corrected chi connectivity index (χ2v) is 10.2. The van der Waals surface area contributed by atoms with Crippen LogP contribution in [0.1, 0.15) is 65.5 Å². The number of amides is 1. The van der Waals surface area contributed by atoms with Crippen LogP contribution in [0.15, 0.2) is 67.3 Å². The number of rotatable bonds is 5. The van der Waals surface area contributed by atoms with E-state index < -0.39 is 0 Å². The van der Waals surface area contributed by atoms with Crippen molar-refractivity contribution in [3.63, 3.8) is 0 Å². The minimum Gasteiger partial charge on any atom is -0.399 e. The Morgan fingerprint density at radius 2 is 1.68 bits per heavy atom. The van der Waals surface area contributed by atoms with E-state index in [4.69, 9.17) is 9.31 Å². The Morgan fingerprint density at radius 1 is 1.09 bits per heavy atom. The second-order valence-electron chi connectivity index (χ2n) is 10.2. The lowest BCUT2D eigenvalue weighted by atomic mass is 9.78. The molecule has 34 heavy (non-hydrogen) atoms. The monoisotopic (exact) mass is 465 g/mol. The maximum Gasteiger partial charge on any atom is 0.494 e. The predicted molar refractivity (Wildman–Crippen MR) is 136 cm³/mol. The summed E-state index contributed by atoms with van der Waals surface area (Å²) in [7, 11) is -0.351. The van der Waals surface area contributed by atoms with E-state index in [1.807, 2.05) is 11.0 Å².